The number of aryl methyl sites for hydroxylation is 1. The molecule has 0 fully saturated rings. The van der Waals surface area contributed by atoms with Crippen LogP contribution in [-0.4, -0.2) is 11.8 Å². The van der Waals surface area contributed by atoms with E-state index in [1.807, 2.05) is 24.4 Å². The van der Waals surface area contributed by atoms with Crippen molar-refractivity contribution in [3.63, 3.8) is 0 Å². The Morgan fingerprint density at radius 2 is 1.88 bits per heavy atom. The molecule has 25 heavy (non-hydrogen) atoms. The summed E-state index contributed by atoms with van der Waals surface area (Å²) in [5, 5.41) is 7.59. The fraction of sp³-hybridized carbons (Fsp3) is 0.158. The van der Waals surface area contributed by atoms with Gasteiger partial charge >= 0.3 is 0 Å². The molecule has 2 N–H and O–H groups in total. The third kappa shape index (κ3) is 4.36. The van der Waals surface area contributed by atoms with Crippen LogP contribution in [0, 0.1) is 6.92 Å². The van der Waals surface area contributed by atoms with Gasteiger partial charge in [-0.15, -0.1) is 11.3 Å². The second-order valence-electron chi connectivity index (χ2n) is 5.58. The Hall–Kier alpha value is -2.86. The summed E-state index contributed by atoms with van der Waals surface area (Å²) >= 11 is 1.42. The molecule has 0 saturated carbocycles. The Balaban J connectivity index is 1.58. The molecule has 0 radical (unpaired) electrons. The number of hydrogen-bond donors (Lipinski definition) is 2. The number of nitrogens with one attached hydrogen (secondary N) is 2. The van der Waals surface area contributed by atoms with E-state index in [0.29, 0.717) is 29.3 Å². The van der Waals surface area contributed by atoms with Gasteiger partial charge in [0.05, 0.1) is 17.7 Å². The molecule has 128 valence electrons. The minimum Gasteiger partial charge on any atom is -0.467 e. The van der Waals surface area contributed by atoms with Crippen LogP contribution >= 0.6 is 11.3 Å². The minimum atomic E-state index is -0.182. The van der Waals surface area contributed by atoms with Crippen molar-refractivity contribution in [3.05, 3.63) is 81.4 Å². The van der Waals surface area contributed by atoms with Crippen LogP contribution in [0.4, 0.5) is 0 Å². The Bertz CT molecular complexity index is 868. The van der Waals surface area contributed by atoms with E-state index in [-0.39, 0.29) is 11.8 Å². The molecule has 0 saturated heterocycles. The van der Waals surface area contributed by atoms with Crippen LogP contribution < -0.4 is 10.6 Å². The zero-order valence-electron chi connectivity index (χ0n) is 13.7. The SMILES string of the molecule is Cc1ccsc1C(=O)NCc1cccc(C(=O)NCc2ccco2)c1. The van der Waals surface area contributed by atoms with Crippen LogP contribution in [0.5, 0.6) is 0 Å². The van der Waals surface area contributed by atoms with Crippen molar-refractivity contribution in [3.8, 4) is 0 Å². The molecule has 3 aromatic rings. The van der Waals surface area contributed by atoms with E-state index in [9.17, 15) is 9.59 Å². The summed E-state index contributed by atoms with van der Waals surface area (Å²) in [6, 6.07) is 12.7. The summed E-state index contributed by atoms with van der Waals surface area (Å²) in [5.41, 5.74) is 2.38. The predicted molar refractivity (Wildman–Crippen MR) is 96.5 cm³/mol. The molecule has 2 amide bonds. The zero-order chi connectivity index (χ0) is 17.6. The van der Waals surface area contributed by atoms with Crippen LogP contribution in [0.3, 0.4) is 0 Å². The lowest BCUT2D eigenvalue weighted by Gasteiger charge is -2.08. The summed E-state index contributed by atoms with van der Waals surface area (Å²) in [5.74, 6) is 0.418. The second-order valence-corrected chi connectivity index (χ2v) is 6.49. The van der Waals surface area contributed by atoms with Crippen LogP contribution in [-0.2, 0) is 13.1 Å². The minimum absolute atomic E-state index is 0.0971. The van der Waals surface area contributed by atoms with Gasteiger partial charge in [0.15, 0.2) is 0 Å². The maximum atomic E-state index is 12.2. The maximum Gasteiger partial charge on any atom is 0.261 e. The average Bonchev–Trinajstić information content (AvgIpc) is 3.29. The van der Waals surface area contributed by atoms with Gasteiger partial charge in [-0.2, -0.15) is 0 Å². The Labute approximate surface area is 149 Å². The van der Waals surface area contributed by atoms with Crippen molar-refractivity contribution in [2.24, 2.45) is 0 Å². The maximum absolute atomic E-state index is 12.2. The van der Waals surface area contributed by atoms with Crippen molar-refractivity contribution in [1.82, 2.24) is 10.6 Å². The highest BCUT2D eigenvalue weighted by atomic mass is 32.1. The highest BCUT2D eigenvalue weighted by Crippen LogP contribution is 2.15. The standard InChI is InChI=1S/C19H18N2O3S/c1-13-7-9-25-17(13)19(23)20-11-14-4-2-5-15(10-14)18(22)21-12-16-6-3-8-24-16/h2-10H,11-12H2,1H3,(H,20,23)(H,21,22). The van der Waals surface area contributed by atoms with E-state index in [1.54, 1.807) is 36.6 Å². The molecule has 0 atom stereocenters. The highest BCUT2D eigenvalue weighted by Gasteiger charge is 2.11. The van der Waals surface area contributed by atoms with Gasteiger partial charge in [0.2, 0.25) is 0 Å². The van der Waals surface area contributed by atoms with Crippen LogP contribution in [0.25, 0.3) is 0 Å². The topological polar surface area (TPSA) is 71.3 Å². The van der Waals surface area contributed by atoms with Gasteiger partial charge in [-0.05, 0) is 53.8 Å². The first kappa shape index (κ1) is 17.0. The molecule has 0 unspecified atom stereocenters. The van der Waals surface area contributed by atoms with Crippen molar-refractivity contribution in [1.29, 1.82) is 0 Å². The van der Waals surface area contributed by atoms with E-state index in [4.69, 9.17) is 4.42 Å². The summed E-state index contributed by atoms with van der Waals surface area (Å²) in [6.45, 7) is 2.62. The van der Waals surface area contributed by atoms with E-state index < -0.39 is 0 Å². The predicted octanol–water partition coefficient (Wildman–Crippen LogP) is 3.51. The number of carbonyl (C=O) groups excluding carboxylic acids is 2. The van der Waals surface area contributed by atoms with Crippen molar-refractivity contribution in [2.75, 3.05) is 0 Å². The average molecular weight is 354 g/mol. The van der Waals surface area contributed by atoms with Gasteiger partial charge in [-0.25, -0.2) is 0 Å². The molecule has 0 spiro atoms. The van der Waals surface area contributed by atoms with E-state index in [1.165, 1.54) is 11.3 Å². The van der Waals surface area contributed by atoms with E-state index in [2.05, 4.69) is 10.6 Å². The Morgan fingerprint density at radius 1 is 1.04 bits per heavy atom. The molecule has 0 aliphatic carbocycles. The van der Waals surface area contributed by atoms with Crippen LogP contribution in [0.1, 0.15) is 36.9 Å². The highest BCUT2D eigenvalue weighted by molar-refractivity contribution is 7.12. The lowest BCUT2D eigenvalue weighted by molar-refractivity contribution is 0.0944. The van der Waals surface area contributed by atoms with Crippen molar-refractivity contribution >= 4 is 23.2 Å². The molecular formula is C19H18N2O3S. The molecule has 1 aromatic carbocycles. The zero-order valence-corrected chi connectivity index (χ0v) is 14.6. The molecular weight excluding hydrogens is 336 g/mol. The summed E-state index contributed by atoms with van der Waals surface area (Å²) < 4.78 is 5.19. The number of rotatable bonds is 6. The monoisotopic (exact) mass is 354 g/mol. The number of benzene rings is 1. The van der Waals surface area contributed by atoms with Gasteiger partial charge in [0.1, 0.15) is 5.76 Å². The number of amides is 2. The van der Waals surface area contributed by atoms with E-state index in [0.717, 1.165) is 11.1 Å². The van der Waals surface area contributed by atoms with Gasteiger partial charge < -0.3 is 15.1 Å². The number of carbonyl (C=O) groups is 2. The van der Waals surface area contributed by atoms with E-state index >= 15 is 0 Å². The first-order valence-corrected chi connectivity index (χ1v) is 8.73. The molecule has 2 aromatic heterocycles. The third-order valence-electron chi connectivity index (χ3n) is 3.71. The Morgan fingerprint density at radius 3 is 2.60 bits per heavy atom. The third-order valence-corrected chi connectivity index (χ3v) is 4.73. The van der Waals surface area contributed by atoms with Crippen molar-refractivity contribution in [2.45, 2.75) is 20.0 Å². The molecule has 5 nitrogen and oxygen atoms in total. The number of hydrogen-bond acceptors (Lipinski definition) is 4. The number of furan rings is 1. The van der Waals surface area contributed by atoms with Gasteiger partial charge in [0.25, 0.3) is 11.8 Å². The molecule has 6 heteroatoms. The molecule has 2 heterocycles. The number of thiophene rings is 1. The van der Waals surface area contributed by atoms with Gasteiger partial charge in [0, 0.05) is 12.1 Å². The first-order chi connectivity index (χ1) is 12.1. The smallest absolute Gasteiger partial charge is 0.261 e. The summed E-state index contributed by atoms with van der Waals surface area (Å²) in [6.07, 6.45) is 1.57. The van der Waals surface area contributed by atoms with Gasteiger partial charge in [-0.1, -0.05) is 12.1 Å². The molecule has 0 aliphatic heterocycles. The molecule has 3 rings (SSSR count). The summed E-state index contributed by atoms with van der Waals surface area (Å²) in [4.78, 5) is 25.1. The lowest BCUT2D eigenvalue weighted by atomic mass is 10.1. The van der Waals surface area contributed by atoms with Crippen LogP contribution in [0.2, 0.25) is 0 Å². The molecule has 0 bridgehead atoms. The van der Waals surface area contributed by atoms with Crippen molar-refractivity contribution < 1.29 is 14.0 Å². The fourth-order valence-corrected chi connectivity index (χ4v) is 3.21. The van der Waals surface area contributed by atoms with Crippen LogP contribution in [0.15, 0.2) is 58.5 Å². The van der Waals surface area contributed by atoms with Gasteiger partial charge in [-0.3, -0.25) is 9.59 Å². The normalized spacial score (nSPS) is 10.4. The largest absolute Gasteiger partial charge is 0.467 e. The second kappa shape index (κ2) is 7.81. The Kier molecular flexibility index (Phi) is 5.30. The lowest BCUT2D eigenvalue weighted by Crippen LogP contribution is -2.24. The molecule has 0 aliphatic rings. The fourth-order valence-electron chi connectivity index (χ4n) is 2.37. The quantitative estimate of drug-likeness (QED) is 0.711. The first-order valence-electron chi connectivity index (χ1n) is 7.85. The summed E-state index contributed by atoms with van der Waals surface area (Å²) in [7, 11) is 0.